The Morgan fingerprint density at radius 2 is 1.88 bits per heavy atom. The molecule has 0 saturated carbocycles. The highest BCUT2D eigenvalue weighted by Crippen LogP contribution is 2.18. The first-order chi connectivity index (χ1) is 12.6. The van der Waals surface area contributed by atoms with Crippen molar-refractivity contribution in [2.75, 3.05) is 5.32 Å². The summed E-state index contributed by atoms with van der Waals surface area (Å²) in [4.78, 5) is 29.9. The van der Waals surface area contributed by atoms with Crippen LogP contribution in [0.1, 0.15) is 35.4 Å². The number of anilines is 1. The summed E-state index contributed by atoms with van der Waals surface area (Å²) in [7, 11) is 0. The molecule has 2 aromatic carbocycles. The Morgan fingerprint density at radius 3 is 2.69 bits per heavy atom. The topological polar surface area (TPSA) is 64.0 Å². The summed E-state index contributed by atoms with van der Waals surface area (Å²) >= 11 is 5.86. The monoisotopic (exact) mass is 367 g/mol. The number of aromatic nitrogens is 2. The van der Waals surface area contributed by atoms with E-state index in [-0.39, 0.29) is 11.5 Å². The van der Waals surface area contributed by atoms with E-state index in [0.717, 1.165) is 38.1 Å². The van der Waals surface area contributed by atoms with Crippen LogP contribution in [0.25, 0.3) is 10.9 Å². The van der Waals surface area contributed by atoms with Gasteiger partial charge in [0.2, 0.25) is 0 Å². The van der Waals surface area contributed by atoms with E-state index in [1.54, 1.807) is 47.0 Å². The Balaban J connectivity index is 1.69. The third-order valence-electron chi connectivity index (χ3n) is 4.68. The molecule has 2 heterocycles. The summed E-state index contributed by atoms with van der Waals surface area (Å²) in [5, 5.41) is 3.99. The summed E-state index contributed by atoms with van der Waals surface area (Å²) in [6.07, 6.45) is 3.94. The second-order valence-electron chi connectivity index (χ2n) is 6.49. The first-order valence-corrected chi connectivity index (χ1v) is 9.10. The molecule has 0 atom stereocenters. The van der Waals surface area contributed by atoms with Gasteiger partial charge in [-0.1, -0.05) is 18.0 Å². The van der Waals surface area contributed by atoms with Crippen LogP contribution in [0.15, 0.2) is 47.3 Å². The number of halogens is 1. The van der Waals surface area contributed by atoms with Crippen LogP contribution >= 0.6 is 11.6 Å². The molecule has 0 aliphatic carbocycles. The zero-order valence-electron chi connectivity index (χ0n) is 14.2. The molecule has 4 rings (SSSR count). The maximum absolute atomic E-state index is 12.7. The first-order valence-electron chi connectivity index (χ1n) is 8.72. The lowest BCUT2D eigenvalue weighted by Gasteiger charge is -2.11. The molecule has 1 aliphatic heterocycles. The van der Waals surface area contributed by atoms with Crippen molar-refractivity contribution < 1.29 is 4.79 Å². The Kier molecular flexibility index (Phi) is 4.47. The van der Waals surface area contributed by atoms with E-state index < -0.39 is 0 Å². The van der Waals surface area contributed by atoms with E-state index >= 15 is 0 Å². The van der Waals surface area contributed by atoms with Gasteiger partial charge in [0.05, 0.1) is 10.9 Å². The predicted octanol–water partition coefficient (Wildman–Crippen LogP) is 4.03. The fourth-order valence-electron chi connectivity index (χ4n) is 3.30. The minimum absolute atomic E-state index is 0.0171. The fraction of sp³-hybridized carbons (Fsp3) is 0.250. The van der Waals surface area contributed by atoms with Gasteiger partial charge in [-0.15, -0.1) is 0 Å². The minimum atomic E-state index is -0.244. The first kappa shape index (κ1) is 16.8. The highest BCUT2D eigenvalue weighted by molar-refractivity contribution is 6.30. The Hall–Kier alpha value is -2.66. The third-order valence-corrected chi connectivity index (χ3v) is 4.93. The lowest BCUT2D eigenvalue weighted by Crippen LogP contribution is -2.24. The van der Waals surface area contributed by atoms with Gasteiger partial charge in [0.1, 0.15) is 5.82 Å². The molecule has 0 saturated heterocycles. The van der Waals surface area contributed by atoms with Crippen LogP contribution in [0.4, 0.5) is 5.69 Å². The van der Waals surface area contributed by atoms with E-state index in [2.05, 4.69) is 10.3 Å². The van der Waals surface area contributed by atoms with Gasteiger partial charge in [0.25, 0.3) is 11.5 Å². The number of amides is 1. The molecule has 0 bridgehead atoms. The Morgan fingerprint density at radius 1 is 1.08 bits per heavy atom. The number of hydrogen-bond acceptors (Lipinski definition) is 3. The smallest absolute Gasteiger partial charge is 0.261 e. The largest absolute Gasteiger partial charge is 0.322 e. The SMILES string of the molecule is O=C(Nc1ccc(Cl)cc1)c1ccc2c(=O)n3c(nc2c1)CCCCC3. The van der Waals surface area contributed by atoms with Crippen LogP contribution in [0.5, 0.6) is 0 Å². The number of hydrogen-bond donors (Lipinski definition) is 1. The molecule has 3 aromatic rings. The number of aryl methyl sites for hydroxylation is 1. The van der Waals surface area contributed by atoms with Crippen molar-refractivity contribution in [3.05, 3.63) is 69.2 Å². The number of benzene rings is 2. The highest BCUT2D eigenvalue weighted by atomic mass is 35.5. The van der Waals surface area contributed by atoms with Gasteiger partial charge >= 0.3 is 0 Å². The summed E-state index contributed by atoms with van der Waals surface area (Å²) in [6, 6.07) is 12.0. The molecule has 1 aliphatic rings. The van der Waals surface area contributed by atoms with Crippen LogP contribution < -0.4 is 10.9 Å². The van der Waals surface area contributed by atoms with Crippen LogP contribution in [-0.4, -0.2) is 15.5 Å². The van der Waals surface area contributed by atoms with Gasteiger partial charge in [-0.2, -0.15) is 0 Å². The van der Waals surface area contributed by atoms with E-state index in [0.29, 0.717) is 27.2 Å². The van der Waals surface area contributed by atoms with Gasteiger partial charge < -0.3 is 5.32 Å². The molecular weight excluding hydrogens is 350 g/mol. The molecule has 1 N–H and O–H groups in total. The maximum atomic E-state index is 12.7. The number of rotatable bonds is 2. The Labute approximate surface area is 155 Å². The molecule has 5 nitrogen and oxygen atoms in total. The van der Waals surface area contributed by atoms with E-state index in [4.69, 9.17) is 11.6 Å². The van der Waals surface area contributed by atoms with Gasteiger partial charge in [-0.3, -0.25) is 14.2 Å². The van der Waals surface area contributed by atoms with E-state index in [9.17, 15) is 9.59 Å². The molecule has 26 heavy (non-hydrogen) atoms. The van der Waals surface area contributed by atoms with Crippen molar-refractivity contribution in [2.45, 2.75) is 32.2 Å². The average Bonchev–Trinajstić information content (AvgIpc) is 2.89. The van der Waals surface area contributed by atoms with Crippen LogP contribution in [0, 0.1) is 0 Å². The van der Waals surface area contributed by atoms with Gasteiger partial charge in [-0.05, 0) is 55.3 Å². The second-order valence-corrected chi connectivity index (χ2v) is 6.92. The standard InChI is InChI=1S/C20H18ClN3O2/c21-14-6-8-15(9-7-14)22-19(25)13-5-10-16-17(12-13)23-18-4-2-1-3-11-24(18)20(16)26/h5-10,12H,1-4,11H2,(H,22,25). The lowest BCUT2D eigenvalue weighted by atomic mass is 10.1. The summed E-state index contributed by atoms with van der Waals surface area (Å²) in [5.41, 5.74) is 1.69. The predicted molar refractivity (Wildman–Crippen MR) is 103 cm³/mol. The van der Waals surface area contributed by atoms with Crippen molar-refractivity contribution >= 4 is 34.1 Å². The zero-order valence-corrected chi connectivity index (χ0v) is 14.9. The fourth-order valence-corrected chi connectivity index (χ4v) is 3.42. The third kappa shape index (κ3) is 3.22. The van der Waals surface area contributed by atoms with Crippen LogP contribution in [-0.2, 0) is 13.0 Å². The van der Waals surface area contributed by atoms with Gasteiger partial charge in [0.15, 0.2) is 0 Å². The van der Waals surface area contributed by atoms with Crippen molar-refractivity contribution in [2.24, 2.45) is 0 Å². The number of nitrogens with one attached hydrogen (secondary N) is 1. The molecule has 0 fully saturated rings. The van der Waals surface area contributed by atoms with Gasteiger partial charge in [0, 0.05) is 29.2 Å². The molecule has 0 unspecified atom stereocenters. The second kappa shape index (κ2) is 6.92. The zero-order chi connectivity index (χ0) is 18.1. The number of carbonyl (C=O) groups excluding carboxylic acids is 1. The van der Waals surface area contributed by atoms with Crippen molar-refractivity contribution in [1.82, 2.24) is 9.55 Å². The van der Waals surface area contributed by atoms with Crippen LogP contribution in [0.3, 0.4) is 0 Å². The van der Waals surface area contributed by atoms with Gasteiger partial charge in [-0.25, -0.2) is 4.98 Å². The normalized spacial score (nSPS) is 13.9. The maximum Gasteiger partial charge on any atom is 0.261 e. The Bertz CT molecular complexity index is 1040. The van der Waals surface area contributed by atoms with Crippen molar-refractivity contribution in [1.29, 1.82) is 0 Å². The molecule has 6 heteroatoms. The summed E-state index contributed by atoms with van der Waals surface area (Å²) < 4.78 is 1.78. The molecule has 1 aromatic heterocycles. The van der Waals surface area contributed by atoms with Crippen molar-refractivity contribution in [3.8, 4) is 0 Å². The molecule has 0 radical (unpaired) electrons. The number of carbonyl (C=O) groups is 1. The molecule has 0 spiro atoms. The van der Waals surface area contributed by atoms with E-state index in [1.165, 1.54) is 0 Å². The average molecular weight is 368 g/mol. The highest BCUT2D eigenvalue weighted by Gasteiger charge is 2.15. The molecule has 1 amide bonds. The van der Waals surface area contributed by atoms with E-state index in [1.807, 2.05) is 0 Å². The summed E-state index contributed by atoms with van der Waals surface area (Å²) in [6.45, 7) is 0.718. The quantitative estimate of drug-likeness (QED) is 0.743. The number of fused-ring (bicyclic) bond motifs is 2. The molecular formula is C20H18ClN3O2. The molecule has 132 valence electrons. The minimum Gasteiger partial charge on any atom is -0.322 e. The van der Waals surface area contributed by atoms with Crippen molar-refractivity contribution in [3.63, 3.8) is 0 Å². The lowest BCUT2D eigenvalue weighted by molar-refractivity contribution is 0.102. The number of nitrogens with zero attached hydrogens (tertiary/aromatic N) is 2. The summed E-state index contributed by atoms with van der Waals surface area (Å²) in [5.74, 6) is 0.571. The van der Waals surface area contributed by atoms with Crippen LogP contribution in [0.2, 0.25) is 5.02 Å².